The minimum absolute atomic E-state index is 0.722. The van der Waals surface area contributed by atoms with Crippen molar-refractivity contribution in [3.63, 3.8) is 0 Å². The van der Waals surface area contributed by atoms with Gasteiger partial charge in [-0.1, -0.05) is 39.0 Å². The van der Waals surface area contributed by atoms with Crippen LogP contribution in [0.15, 0.2) is 30.5 Å². The number of nitrogens with one attached hydrogen (secondary N) is 2. The molecular formula is C15H22N2. The van der Waals surface area contributed by atoms with E-state index in [1.54, 1.807) is 0 Å². The maximum Gasteiger partial charge on any atom is 0.0457 e. The first-order chi connectivity index (χ1) is 8.18. The minimum Gasteiger partial charge on any atom is -0.361 e. The SMILES string of the molecule is CC(C)C(C)CNCc1c[nH]c2ccccc12. The Balaban J connectivity index is 1.95. The number of hydrogen-bond acceptors (Lipinski definition) is 1. The van der Waals surface area contributed by atoms with Crippen molar-refractivity contribution < 1.29 is 0 Å². The minimum atomic E-state index is 0.722. The molecule has 1 aromatic carbocycles. The zero-order valence-corrected chi connectivity index (χ0v) is 11.0. The number of rotatable bonds is 5. The van der Waals surface area contributed by atoms with Crippen LogP contribution >= 0.6 is 0 Å². The lowest BCUT2D eigenvalue weighted by Crippen LogP contribution is -2.23. The Morgan fingerprint density at radius 3 is 2.71 bits per heavy atom. The number of fused-ring (bicyclic) bond motifs is 1. The molecule has 1 unspecified atom stereocenters. The quantitative estimate of drug-likeness (QED) is 0.807. The van der Waals surface area contributed by atoms with Gasteiger partial charge in [-0.3, -0.25) is 0 Å². The van der Waals surface area contributed by atoms with Gasteiger partial charge in [0.25, 0.3) is 0 Å². The first kappa shape index (κ1) is 12.2. The van der Waals surface area contributed by atoms with Crippen LogP contribution in [0.5, 0.6) is 0 Å². The fourth-order valence-electron chi connectivity index (χ4n) is 1.95. The highest BCUT2D eigenvalue weighted by Gasteiger charge is 2.07. The second kappa shape index (κ2) is 5.37. The zero-order valence-electron chi connectivity index (χ0n) is 11.0. The lowest BCUT2D eigenvalue weighted by atomic mass is 9.98. The Hall–Kier alpha value is -1.28. The van der Waals surface area contributed by atoms with Crippen molar-refractivity contribution in [3.05, 3.63) is 36.0 Å². The average molecular weight is 230 g/mol. The maximum absolute atomic E-state index is 3.54. The van der Waals surface area contributed by atoms with Crippen LogP contribution < -0.4 is 5.32 Å². The maximum atomic E-state index is 3.54. The number of aromatic amines is 1. The third-order valence-corrected chi connectivity index (χ3v) is 3.59. The van der Waals surface area contributed by atoms with Crippen molar-refractivity contribution in [3.8, 4) is 0 Å². The molecule has 92 valence electrons. The Morgan fingerprint density at radius 2 is 1.94 bits per heavy atom. The van der Waals surface area contributed by atoms with E-state index in [4.69, 9.17) is 0 Å². The molecule has 2 rings (SSSR count). The summed E-state index contributed by atoms with van der Waals surface area (Å²) in [4.78, 5) is 3.31. The van der Waals surface area contributed by atoms with E-state index in [-0.39, 0.29) is 0 Å². The molecule has 17 heavy (non-hydrogen) atoms. The van der Waals surface area contributed by atoms with Gasteiger partial charge >= 0.3 is 0 Å². The van der Waals surface area contributed by atoms with Crippen molar-refractivity contribution >= 4 is 10.9 Å². The fraction of sp³-hybridized carbons (Fsp3) is 0.467. The highest BCUT2D eigenvalue weighted by atomic mass is 14.9. The lowest BCUT2D eigenvalue weighted by Gasteiger charge is -2.15. The van der Waals surface area contributed by atoms with Gasteiger partial charge in [-0.25, -0.2) is 0 Å². The van der Waals surface area contributed by atoms with Gasteiger partial charge < -0.3 is 10.3 Å². The molecular weight excluding hydrogens is 208 g/mol. The number of para-hydroxylation sites is 1. The van der Waals surface area contributed by atoms with Gasteiger partial charge in [0.1, 0.15) is 0 Å². The van der Waals surface area contributed by atoms with Crippen LogP contribution in [0.25, 0.3) is 10.9 Å². The molecule has 0 spiro atoms. The van der Waals surface area contributed by atoms with Crippen LogP contribution in [0.4, 0.5) is 0 Å². The largest absolute Gasteiger partial charge is 0.361 e. The third-order valence-electron chi connectivity index (χ3n) is 3.59. The Kier molecular flexibility index (Phi) is 3.85. The molecule has 0 saturated heterocycles. The Bertz CT molecular complexity index is 470. The predicted octanol–water partition coefficient (Wildman–Crippen LogP) is 3.55. The smallest absolute Gasteiger partial charge is 0.0457 e. The second-order valence-corrected chi connectivity index (χ2v) is 5.21. The van der Waals surface area contributed by atoms with E-state index in [1.807, 2.05) is 0 Å². The van der Waals surface area contributed by atoms with E-state index in [1.165, 1.54) is 16.5 Å². The molecule has 0 fully saturated rings. The topological polar surface area (TPSA) is 27.8 Å². The predicted molar refractivity (Wildman–Crippen MR) is 74.0 cm³/mol. The van der Waals surface area contributed by atoms with Crippen LogP contribution in [0.1, 0.15) is 26.3 Å². The fourth-order valence-corrected chi connectivity index (χ4v) is 1.95. The van der Waals surface area contributed by atoms with E-state index >= 15 is 0 Å². The van der Waals surface area contributed by atoms with Crippen LogP contribution in [0.3, 0.4) is 0 Å². The lowest BCUT2D eigenvalue weighted by molar-refractivity contribution is 0.393. The van der Waals surface area contributed by atoms with Crippen LogP contribution in [0, 0.1) is 11.8 Å². The molecule has 1 atom stereocenters. The highest BCUT2D eigenvalue weighted by molar-refractivity contribution is 5.82. The summed E-state index contributed by atoms with van der Waals surface area (Å²) < 4.78 is 0. The second-order valence-electron chi connectivity index (χ2n) is 5.21. The van der Waals surface area contributed by atoms with E-state index < -0.39 is 0 Å². The molecule has 0 saturated carbocycles. The van der Waals surface area contributed by atoms with E-state index in [9.17, 15) is 0 Å². The summed E-state index contributed by atoms with van der Waals surface area (Å²) in [6.07, 6.45) is 2.11. The van der Waals surface area contributed by atoms with E-state index in [0.29, 0.717) is 0 Å². The van der Waals surface area contributed by atoms with Crippen molar-refractivity contribution in [1.82, 2.24) is 10.3 Å². The molecule has 0 amide bonds. The molecule has 0 radical (unpaired) electrons. The molecule has 0 bridgehead atoms. The highest BCUT2D eigenvalue weighted by Crippen LogP contribution is 2.17. The van der Waals surface area contributed by atoms with Gasteiger partial charge in [-0.05, 0) is 30.0 Å². The normalized spacial score (nSPS) is 13.4. The van der Waals surface area contributed by atoms with Crippen LogP contribution in [-0.2, 0) is 6.54 Å². The number of aromatic nitrogens is 1. The third kappa shape index (κ3) is 2.89. The van der Waals surface area contributed by atoms with Crippen molar-refractivity contribution in [2.45, 2.75) is 27.3 Å². The average Bonchev–Trinajstić information content (AvgIpc) is 2.72. The molecule has 1 aromatic heterocycles. The molecule has 2 N–H and O–H groups in total. The molecule has 0 aliphatic carbocycles. The van der Waals surface area contributed by atoms with E-state index in [2.05, 4.69) is 61.5 Å². The molecule has 2 aromatic rings. The number of hydrogen-bond donors (Lipinski definition) is 2. The first-order valence-electron chi connectivity index (χ1n) is 6.44. The van der Waals surface area contributed by atoms with Gasteiger partial charge in [-0.2, -0.15) is 0 Å². The van der Waals surface area contributed by atoms with Crippen LogP contribution in [0.2, 0.25) is 0 Å². The molecule has 0 aliphatic rings. The van der Waals surface area contributed by atoms with Gasteiger partial charge in [-0.15, -0.1) is 0 Å². The molecule has 2 heteroatoms. The summed E-state index contributed by atoms with van der Waals surface area (Å²) >= 11 is 0. The molecule has 1 heterocycles. The van der Waals surface area contributed by atoms with E-state index in [0.717, 1.165) is 24.9 Å². The summed E-state index contributed by atoms with van der Waals surface area (Å²) in [6, 6.07) is 8.46. The summed E-state index contributed by atoms with van der Waals surface area (Å²) in [5.74, 6) is 1.46. The Labute approximate surface area is 103 Å². The van der Waals surface area contributed by atoms with Crippen molar-refractivity contribution in [2.24, 2.45) is 11.8 Å². The van der Waals surface area contributed by atoms with Crippen molar-refractivity contribution in [2.75, 3.05) is 6.54 Å². The van der Waals surface area contributed by atoms with Gasteiger partial charge in [0.2, 0.25) is 0 Å². The molecule has 2 nitrogen and oxygen atoms in total. The summed E-state index contributed by atoms with van der Waals surface area (Å²) in [5.41, 5.74) is 2.58. The first-order valence-corrected chi connectivity index (χ1v) is 6.44. The van der Waals surface area contributed by atoms with Crippen molar-refractivity contribution in [1.29, 1.82) is 0 Å². The summed E-state index contributed by atoms with van der Waals surface area (Å²) in [6.45, 7) is 8.88. The zero-order chi connectivity index (χ0) is 12.3. The number of H-pyrrole nitrogens is 1. The monoisotopic (exact) mass is 230 g/mol. The standard InChI is InChI=1S/C15H22N2/c1-11(2)12(3)8-16-9-13-10-17-15-7-5-4-6-14(13)15/h4-7,10-12,16-17H,8-9H2,1-3H3. The molecule has 0 aliphatic heterocycles. The van der Waals surface area contributed by atoms with Crippen LogP contribution in [-0.4, -0.2) is 11.5 Å². The van der Waals surface area contributed by atoms with Gasteiger partial charge in [0.05, 0.1) is 0 Å². The van der Waals surface area contributed by atoms with Gasteiger partial charge in [0, 0.05) is 23.6 Å². The number of benzene rings is 1. The van der Waals surface area contributed by atoms with Gasteiger partial charge in [0.15, 0.2) is 0 Å². The summed E-state index contributed by atoms with van der Waals surface area (Å²) in [7, 11) is 0. The summed E-state index contributed by atoms with van der Waals surface area (Å²) in [5, 5.41) is 4.87. The Morgan fingerprint density at radius 1 is 1.18 bits per heavy atom.